The highest BCUT2D eigenvalue weighted by atomic mass is 35.5. The zero-order chi connectivity index (χ0) is 15.3. The Bertz CT molecular complexity index is 553. The average molecular weight is 316 g/mol. The largest absolute Gasteiger partial charge is 0.481 e. The zero-order valence-corrected chi connectivity index (χ0v) is 12.6. The molecular formula is C14H15Cl2NO3. The second-order valence-corrected chi connectivity index (χ2v) is 5.71. The number of nitrogens with one attached hydrogen (secondary N) is 1. The lowest BCUT2D eigenvalue weighted by molar-refractivity contribution is -0.138. The second-order valence-electron chi connectivity index (χ2n) is 4.92. The first-order chi connectivity index (χ1) is 9.21. The standard InChI is InChI=1S/C14H15Cl2NO3/c1-14(2,8-12(19)20)17-11(18)7-6-9-4-3-5-10(15)13(9)16/h3-7H,8H2,1-2H3,(H,17,18)(H,19,20). The van der Waals surface area contributed by atoms with Crippen molar-refractivity contribution in [2.75, 3.05) is 0 Å². The van der Waals surface area contributed by atoms with Crippen molar-refractivity contribution in [3.8, 4) is 0 Å². The number of hydrogen-bond donors (Lipinski definition) is 2. The Morgan fingerprint density at radius 1 is 1.35 bits per heavy atom. The van der Waals surface area contributed by atoms with Crippen molar-refractivity contribution in [1.29, 1.82) is 0 Å². The fourth-order valence-corrected chi connectivity index (χ4v) is 1.98. The van der Waals surface area contributed by atoms with Crippen LogP contribution in [0.3, 0.4) is 0 Å². The monoisotopic (exact) mass is 315 g/mol. The zero-order valence-electron chi connectivity index (χ0n) is 11.1. The Hall–Kier alpha value is -1.52. The Morgan fingerprint density at radius 2 is 2.00 bits per heavy atom. The first-order valence-corrected chi connectivity index (χ1v) is 6.63. The molecule has 0 atom stereocenters. The van der Waals surface area contributed by atoms with Gasteiger partial charge in [-0.25, -0.2) is 0 Å². The van der Waals surface area contributed by atoms with Crippen LogP contribution >= 0.6 is 23.2 Å². The maximum Gasteiger partial charge on any atom is 0.305 e. The van der Waals surface area contributed by atoms with Crippen LogP contribution in [0.2, 0.25) is 10.0 Å². The van der Waals surface area contributed by atoms with Gasteiger partial charge in [0.15, 0.2) is 0 Å². The molecule has 0 saturated carbocycles. The van der Waals surface area contributed by atoms with Gasteiger partial charge in [0.1, 0.15) is 0 Å². The molecule has 0 spiro atoms. The highest BCUT2D eigenvalue weighted by molar-refractivity contribution is 6.42. The molecule has 0 aliphatic heterocycles. The topological polar surface area (TPSA) is 66.4 Å². The van der Waals surface area contributed by atoms with Crippen LogP contribution in [0.1, 0.15) is 25.8 Å². The molecule has 4 nitrogen and oxygen atoms in total. The number of carboxylic acid groups (broad SMARTS) is 1. The number of carbonyl (C=O) groups excluding carboxylic acids is 1. The lowest BCUT2D eigenvalue weighted by Gasteiger charge is -2.23. The Balaban J connectivity index is 2.73. The van der Waals surface area contributed by atoms with E-state index < -0.39 is 17.4 Å². The van der Waals surface area contributed by atoms with E-state index in [2.05, 4.69) is 5.32 Å². The van der Waals surface area contributed by atoms with E-state index in [-0.39, 0.29) is 6.42 Å². The van der Waals surface area contributed by atoms with Crippen LogP contribution in [0.4, 0.5) is 0 Å². The first kappa shape index (κ1) is 16.5. The molecule has 2 N–H and O–H groups in total. The Kier molecular flexibility index (Phi) is 5.60. The van der Waals surface area contributed by atoms with E-state index in [9.17, 15) is 9.59 Å². The van der Waals surface area contributed by atoms with Gasteiger partial charge >= 0.3 is 5.97 Å². The fraction of sp³-hybridized carbons (Fsp3) is 0.286. The van der Waals surface area contributed by atoms with Gasteiger partial charge in [0.2, 0.25) is 5.91 Å². The van der Waals surface area contributed by atoms with Gasteiger partial charge < -0.3 is 10.4 Å². The predicted molar refractivity (Wildman–Crippen MR) is 80.0 cm³/mol. The minimum absolute atomic E-state index is 0.162. The molecule has 20 heavy (non-hydrogen) atoms. The van der Waals surface area contributed by atoms with E-state index in [1.807, 2.05) is 0 Å². The summed E-state index contributed by atoms with van der Waals surface area (Å²) in [4.78, 5) is 22.4. The normalized spacial score (nSPS) is 11.6. The van der Waals surface area contributed by atoms with Crippen LogP contribution in [0.15, 0.2) is 24.3 Å². The molecule has 6 heteroatoms. The number of rotatable bonds is 5. The van der Waals surface area contributed by atoms with Gasteiger partial charge in [-0.15, -0.1) is 0 Å². The number of benzene rings is 1. The average Bonchev–Trinajstić information content (AvgIpc) is 2.28. The van der Waals surface area contributed by atoms with E-state index in [0.717, 1.165) is 0 Å². The van der Waals surface area contributed by atoms with Crippen LogP contribution in [-0.4, -0.2) is 22.5 Å². The second kappa shape index (κ2) is 6.77. The molecular weight excluding hydrogens is 301 g/mol. The van der Waals surface area contributed by atoms with Crippen molar-refractivity contribution in [3.63, 3.8) is 0 Å². The molecule has 0 radical (unpaired) electrons. The number of hydrogen-bond acceptors (Lipinski definition) is 2. The van der Waals surface area contributed by atoms with Crippen LogP contribution < -0.4 is 5.32 Å². The number of carbonyl (C=O) groups is 2. The van der Waals surface area contributed by atoms with Crippen molar-refractivity contribution >= 4 is 41.2 Å². The maximum absolute atomic E-state index is 11.7. The smallest absolute Gasteiger partial charge is 0.305 e. The molecule has 1 rings (SSSR count). The third-order valence-corrected chi connectivity index (χ3v) is 3.28. The summed E-state index contributed by atoms with van der Waals surface area (Å²) in [7, 11) is 0. The van der Waals surface area contributed by atoms with E-state index in [0.29, 0.717) is 15.6 Å². The molecule has 1 amide bonds. The van der Waals surface area contributed by atoms with Crippen molar-refractivity contribution in [2.45, 2.75) is 25.8 Å². The molecule has 1 aromatic carbocycles. The Morgan fingerprint density at radius 3 is 2.60 bits per heavy atom. The lowest BCUT2D eigenvalue weighted by atomic mass is 10.0. The van der Waals surface area contributed by atoms with Crippen molar-refractivity contribution in [1.82, 2.24) is 5.32 Å². The van der Waals surface area contributed by atoms with Gasteiger partial charge in [-0.3, -0.25) is 9.59 Å². The fourth-order valence-electron chi connectivity index (χ4n) is 1.61. The molecule has 0 fully saturated rings. The minimum atomic E-state index is -0.975. The predicted octanol–water partition coefficient (Wildman–Crippen LogP) is 3.38. The third-order valence-electron chi connectivity index (χ3n) is 2.45. The summed E-state index contributed by atoms with van der Waals surface area (Å²) in [6.07, 6.45) is 2.66. The molecule has 108 valence electrons. The maximum atomic E-state index is 11.7. The van der Waals surface area contributed by atoms with Gasteiger partial charge in [0, 0.05) is 11.6 Å². The van der Waals surface area contributed by atoms with Crippen LogP contribution in [-0.2, 0) is 9.59 Å². The third kappa shape index (κ3) is 5.23. The minimum Gasteiger partial charge on any atom is -0.481 e. The van der Waals surface area contributed by atoms with Gasteiger partial charge in [-0.05, 0) is 31.6 Å². The summed E-state index contributed by atoms with van der Waals surface area (Å²) in [5, 5.41) is 12.1. The number of amides is 1. The summed E-state index contributed by atoms with van der Waals surface area (Å²) in [6, 6.07) is 5.10. The lowest BCUT2D eigenvalue weighted by Crippen LogP contribution is -2.44. The molecule has 0 aliphatic carbocycles. The summed E-state index contributed by atoms with van der Waals surface area (Å²) in [5.74, 6) is -1.37. The molecule has 0 heterocycles. The summed E-state index contributed by atoms with van der Waals surface area (Å²) in [5.41, 5.74) is -0.212. The first-order valence-electron chi connectivity index (χ1n) is 5.87. The molecule has 0 aromatic heterocycles. The van der Waals surface area contributed by atoms with Crippen molar-refractivity contribution < 1.29 is 14.7 Å². The van der Waals surface area contributed by atoms with Crippen LogP contribution in [0.25, 0.3) is 6.08 Å². The molecule has 0 bridgehead atoms. The Labute approximate surface area is 127 Å². The quantitative estimate of drug-likeness (QED) is 0.819. The van der Waals surface area contributed by atoms with Gasteiger partial charge in [0.25, 0.3) is 0 Å². The van der Waals surface area contributed by atoms with Crippen molar-refractivity contribution in [3.05, 3.63) is 39.9 Å². The summed E-state index contributed by atoms with van der Waals surface area (Å²) in [6.45, 7) is 3.28. The SMILES string of the molecule is CC(C)(CC(=O)O)NC(=O)C=Cc1cccc(Cl)c1Cl. The number of carboxylic acids is 1. The van der Waals surface area contributed by atoms with Crippen molar-refractivity contribution in [2.24, 2.45) is 0 Å². The highest BCUT2D eigenvalue weighted by Crippen LogP contribution is 2.26. The molecule has 1 aromatic rings. The van der Waals surface area contributed by atoms with Crippen LogP contribution in [0, 0.1) is 0 Å². The molecule has 0 unspecified atom stereocenters. The van der Waals surface area contributed by atoms with Gasteiger partial charge in [-0.1, -0.05) is 35.3 Å². The summed E-state index contributed by atoms with van der Waals surface area (Å²) < 4.78 is 0. The van der Waals surface area contributed by atoms with Gasteiger partial charge in [-0.2, -0.15) is 0 Å². The van der Waals surface area contributed by atoms with Gasteiger partial charge in [0.05, 0.1) is 16.5 Å². The molecule has 0 aliphatic rings. The van der Waals surface area contributed by atoms with Crippen LogP contribution in [0.5, 0.6) is 0 Å². The molecule has 0 saturated heterocycles. The number of halogens is 2. The summed E-state index contributed by atoms with van der Waals surface area (Å²) >= 11 is 11.8. The number of aliphatic carboxylic acids is 1. The highest BCUT2D eigenvalue weighted by Gasteiger charge is 2.22. The van der Waals surface area contributed by atoms with E-state index in [1.54, 1.807) is 32.0 Å². The van der Waals surface area contributed by atoms with E-state index in [4.69, 9.17) is 28.3 Å². The van der Waals surface area contributed by atoms with E-state index in [1.165, 1.54) is 12.2 Å². The van der Waals surface area contributed by atoms with E-state index >= 15 is 0 Å².